The van der Waals surface area contributed by atoms with Crippen LogP contribution in [0, 0.1) is 0 Å². The molecular formula is C19H19NO3S. The van der Waals surface area contributed by atoms with Gasteiger partial charge in [0.1, 0.15) is 5.60 Å². The average Bonchev–Trinajstić information content (AvgIpc) is 2.60. The lowest BCUT2D eigenvalue weighted by molar-refractivity contribution is 0.0627. The lowest BCUT2D eigenvalue weighted by Gasteiger charge is -2.24. The highest BCUT2D eigenvalue weighted by Gasteiger charge is 2.26. The second-order valence-electron chi connectivity index (χ2n) is 5.97. The summed E-state index contributed by atoms with van der Waals surface area (Å²) in [5.41, 5.74) is -0.628. The summed E-state index contributed by atoms with van der Waals surface area (Å²) in [5, 5.41) is 12.4. The monoisotopic (exact) mass is 341 g/mol. The lowest BCUT2D eigenvalue weighted by Crippen LogP contribution is -2.38. The number of hydrogen-bond donors (Lipinski definition) is 2. The van der Waals surface area contributed by atoms with Crippen molar-refractivity contribution in [1.82, 2.24) is 4.72 Å². The maximum absolute atomic E-state index is 12.5. The summed E-state index contributed by atoms with van der Waals surface area (Å²) >= 11 is 0. The van der Waals surface area contributed by atoms with E-state index in [-0.39, 0.29) is 11.4 Å². The predicted octanol–water partition coefficient (Wildman–Crippen LogP) is 3.03. The zero-order chi connectivity index (χ0) is 17.2. The first kappa shape index (κ1) is 16.6. The first-order chi connectivity index (χ1) is 11.4. The molecule has 0 fully saturated rings. The van der Waals surface area contributed by atoms with Gasteiger partial charge in [-0.3, -0.25) is 0 Å². The molecule has 3 aromatic rings. The van der Waals surface area contributed by atoms with Crippen LogP contribution in [0.25, 0.3) is 10.8 Å². The largest absolute Gasteiger partial charge is 0.384 e. The number of rotatable bonds is 5. The highest BCUT2D eigenvalue weighted by molar-refractivity contribution is 7.89. The molecule has 0 amide bonds. The van der Waals surface area contributed by atoms with E-state index >= 15 is 0 Å². The minimum absolute atomic E-state index is 0.105. The molecule has 0 saturated heterocycles. The van der Waals surface area contributed by atoms with Crippen molar-refractivity contribution in [1.29, 1.82) is 0 Å². The van der Waals surface area contributed by atoms with Crippen LogP contribution in [-0.4, -0.2) is 20.1 Å². The Morgan fingerprint density at radius 3 is 2.25 bits per heavy atom. The van der Waals surface area contributed by atoms with Crippen molar-refractivity contribution >= 4 is 20.8 Å². The smallest absolute Gasteiger partial charge is 0.240 e. The molecule has 5 heteroatoms. The van der Waals surface area contributed by atoms with Gasteiger partial charge in [0.05, 0.1) is 4.90 Å². The highest BCUT2D eigenvalue weighted by atomic mass is 32.2. The molecule has 1 unspecified atom stereocenters. The summed E-state index contributed by atoms with van der Waals surface area (Å²) in [6.45, 7) is 1.48. The molecule has 1 atom stereocenters. The van der Waals surface area contributed by atoms with Crippen LogP contribution in [0.2, 0.25) is 0 Å². The molecule has 3 aromatic carbocycles. The van der Waals surface area contributed by atoms with Crippen LogP contribution in [0.3, 0.4) is 0 Å². The molecule has 0 aliphatic carbocycles. The molecule has 24 heavy (non-hydrogen) atoms. The van der Waals surface area contributed by atoms with Crippen LogP contribution in [0.1, 0.15) is 12.5 Å². The summed E-state index contributed by atoms with van der Waals surface area (Å²) in [6.07, 6.45) is 0. The molecule has 0 radical (unpaired) electrons. The Hall–Kier alpha value is -2.21. The maximum Gasteiger partial charge on any atom is 0.240 e. The number of sulfonamides is 1. The van der Waals surface area contributed by atoms with E-state index in [2.05, 4.69) is 4.72 Å². The predicted molar refractivity (Wildman–Crippen MR) is 95.1 cm³/mol. The second kappa shape index (κ2) is 6.36. The van der Waals surface area contributed by atoms with E-state index in [0.29, 0.717) is 5.56 Å². The van der Waals surface area contributed by atoms with Crippen LogP contribution < -0.4 is 4.72 Å². The minimum Gasteiger partial charge on any atom is -0.384 e. The van der Waals surface area contributed by atoms with E-state index in [4.69, 9.17) is 0 Å². The van der Waals surface area contributed by atoms with Gasteiger partial charge in [-0.15, -0.1) is 0 Å². The Morgan fingerprint density at radius 2 is 1.54 bits per heavy atom. The van der Waals surface area contributed by atoms with Crippen molar-refractivity contribution in [2.45, 2.75) is 17.4 Å². The first-order valence-electron chi connectivity index (χ1n) is 7.65. The summed E-state index contributed by atoms with van der Waals surface area (Å²) in [4.78, 5) is 0.185. The molecule has 0 aliphatic heterocycles. The van der Waals surface area contributed by atoms with Crippen molar-refractivity contribution in [2.75, 3.05) is 6.54 Å². The molecule has 124 valence electrons. The van der Waals surface area contributed by atoms with E-state index in [1.54, 1.807) is 37.3 Å². The molecule has 0 spiro atoms. The van der Waals surface area contributed by atoms with Crippen LogP contribution in [0.5, 0.6) is 0 Å². The van der Waals surface area contributed by atoms with Crippen molar-refractivity contribution in [2.24, 2.45) is 0 Å². The van der Waals surface area contributed by atoms with E-state index in [9.17, 15) is 13.5 Å². The van der Waals surface area contributed by atoms with Gasteiger partial charge >= 0.3 is 0 Å². The van der Waals surface area contributed by atoms with Crippen LogP contribution >= 0.6 is 0 Å². The summed E-state index contributed by atoms with van der Waals surface area (Å²) in [5.74, 6) is 0. The number of hydrogen-bond acceptors (Lipinski definition) is 3. The Kier molecular flexibility index (Phi) is 4.41. The van der Waals surface area contributed by atoms with Crippen molar-refractivity contribution in [3.05, 3.63) is 78.4 Å². The van der Waals surface area contributed by atoms with Crippen LogP contribution in [-0.2, 0) is 15.6 Å². The Balaban J connectivity index is 1.82. The number of nitrogens with one attached hydrogen (secondary N) is 1. The molecule has 0 bridgehead atoms. The van der Waals surface area contributed by atoms with Gasteiger partial charge in [0.25, 0.3) is 0 Å². The highest BCUT2D eigenvalue weighted by Crippen LogP contribution is 2.22. The third kappa shape index (κ3) is 3.48. The Labute approximate surface area is 141 Å². The van der Waals surface area contributed by atoms with Gasteiger partial charge < -0.3 is 5.11 Å². The summed E-state index contributed by atoms with van der Waals surface area (Å²) in [6, 6.07) is 21.6. The number of aliphatic hydroxyl groups is 1. The summed E-state index contributed by atoms with van der Waals surface area (Å²) < 4.78 is 27.6. The first-order valence-corrected chi connectivity index (χ1v) is 9.13. The zero-order valence-corrected chi connectivity index (χ0v) is 14.1. The number of fused-ring (bicyclic) bond motifs is 1. The van der Waals surface area contributed by atoms with Gasteiger partial charge in [-0.1, -0.05) is 60.7 Å². The fourth-order valence-corrected chi connectivity index (χ4v) is 3.72. The standard InChI is InChI=1S/C19H19NO3S/c1-19(21,17-9-3-2-4-10-17)14-20-24(22,23)18-12-11-15-7-5-6-8-16(15)13-18/h2-13,20-21H,14H2,1H3. The SMILES string of the molecule is CC(O)(CNS(=O)(=O)c1ccc2ccccc2c1)c1ccccc1. The molecule has 0 aliphatic rings. The van der Waals surface area contributed by atoms with Gasteiger partial charge in [0.15, 0.2) is 0 Å². The zero-order valence-electron chi connectivity index (χ0n) is 13.3. The van der Waals surface area contributed by atoms with Gasteiger partial charge in [-0.2, -0.15) is 0 Å². The van der Waals surface area contributed by atoms with Crippen LogP contribution in [0.15, 0.2) is 77.7 Å². The van der Waals surface area contributed by atoms with E-state index in [1.165, 1.54) is 0 Å². The maximum atomic E-state index is 12.5. The minimum atomic E-state index is -3.70. The van der Waals surface area contributed by atoms with Crippen molar-refractivity contribution < 1.29 is 13.5 Å². The third-order valence-electron chi connectivity index (χ3n) is 4.03. The lowest BCUT2D eigenvalue weighted by atomic mass is 9.97. The van der Waals surface area contributed by atoms with Crippen molar-refractivity contribution in [3.63, 3.8) is 0 Å². The van der Waals surface area contributed by atoms with Gasteiger partial charge in [-0.25, -0.2) is 13.1 Å². The molecular weight excluding hydrogens is 322 g/mol. The molecule has 3 rings (SSSR count). The van der Waals surface area contributed by atoms with Gasteiger partial charge in [0.2, 0.25) is 10.0 Å². The van der Waals surface area contributed by atoms with Gasteiger partial charge in [-0.05, 0) is 35.4 Å². The Bertz CT molecular complexity index is 951. The molecule has 0 heterocycles. The second-order valence-corrected chi connectivity index (χ2v) is 7.74. The Morgan fingerprint density at radius 1 is 0.917 bits per heavy atom. The molecule has 2 N–H and O–H groups in total. The van der Waals surface area contributed by atoms with Gasteiger partial charge in [0, 0.05) is 6.54 Å². The van der Waals surface area contributed by atoms with E-state index in [1.807, 2.05) is 42.5 Å². The van der Waals surface area contributed by atoms with Crippen LogP contribution in [0.4, 0.5) is 0 Å². The fourth-order valence-electron chi connectivity index (χ4n) is 2.55. The van der Waals surface area contributed by atoms with E-state index in [0.717, 1.165) is 10.8 Å². The third-order valence-corrected chi connectivity index (χ3v) is 5.43. The molecule has 0 aromatic heterocycles. The quantitative estimate of drug-likeness (QED) is 0.750. The normalized spacial score (nSPS) is 14.4. The molecule has 4 nitrogen and oxygen atoms in total. The number of benzene rings is 3. The fraction of sp³-hybridized carbons (Fsp3) is 0.158. The van der Waals surface area contributed by atoms with Crippen molar-refractivity contribution in [3.8, 4) is 0 Å². The average molecular weight is 341 g/mol. The van der Waals surface area contributed by atoms with E-state index < -0.39 is 15.6 Å². The summed E-state index contributed by atoms with van der Waals surface area (Å²) in [7, 11) is -3.70. The molecule has 0 saturated carbocycles. The topological polar surface area (TPSA) is 66.4 Å².